The third-order valence-corrected chi connectivity index (χ3v) is 6.63. The smallest absolute Gasteiger partial charge is 0.259 e. The van der Waals surface area contributed by atoms with Crippen LogP contribution in [0.3, 0.4) is 0 Å². The molecule has 4 heterocycles. The van der Waals surface area contributed by atoms with Crippen LogP contribution in [0.25, 0.3) is 11.1 Å². The Bertz CT molecular complexity index is 990. The van der Waals surface area contributed by atoms with Crippen molar-refractivity contribution in [2.24, 2.45) is 0 Å². The molecule has 4 rings (SSSR count). The molecule has 0 aromatic carbocycles. The Morgan fingerprint density at radius 2 is 2.21 bits per heavy atom. The summed E-state index contributed by atoms with van der Waals surface area (Å²) in [4.78, 5) is 17.3. The van der Waals surface area contributed by atoms with Gasteiger partial charge in [0.15, 0.2) is 4.34 Å². The molecule has 28 heavy (non-hydrogen) atoms. The number of pyridine rings is 1. The monoisotopic (exact) mass is 416 g/mol. The van der Waals surface area contributed by atoms with Crippen molar-refractivity contribution in [1.29, 1.82) is 0 Å². The molecule has 3 aromatic rings. The molecule has 1 atom stereocenters. The van der Waals surface area contributed by atoms with Crippen molar-refractivity contribution in [1.82, 2.24) is 25.4 Å². The summed E-state index contributed by atoms with van der Waals surface area (Å²) in [6.07, 6.45) is 2.60. The quantitative estimate of drug-likeness (QED) is 0.614. The second-order valence-corrected chi connectivity index (χ2v) is 9.14. The van der Waals surface area contributed by atoms with E-state index >= 15 is 0 Å². The molecule has 0 radical (unpaired) electrons. The zero-order chi connectivity index (χ0) is 19.7. The fraction of sp³-hybridized carbons (Fsp3) is 0.389. The molecule has 0 saturated carbocycles. The van der Waals surface area contributed by atoms with Gasteiger partial charge in [-0.2, -0.15) is 5.10 Å². The highest BCUT2D eigenvalue weighted by atomic mass is 32.2. The number of amides is 1. The van der Waals surface area contributed by atoms with E-state index in [0.29, 0.717) is 15.9 Å². The molecule has 1 amide bonds. The lowest BCUT2D eigenvalue weighted by molar-refractivity contribution is 0.102. The molecule has 0 bridgehead atoms. The van der Waals surface area contributed by atoms with Gasteiger partial charge in [0.2, 0.25) is 5.13 Å². The van der Waals surface area contributed by atoms with Gasteiger partial charge in [-0.05, 0) is 33.3 Å². The van der Waals surface area contributed by atoms with Crippen LogP contribution < -0.4 is 5.32 Å². The van der Waals surface area contributed by atoms with E-state index in [1.807, 2.05) is 26.8 Å². The molecule has 3 aromatic heterocycles. The van der Waals surface area contributed by atoms with Crippen LogP contribution in [0.1, 0.15) is 33.9 Å². The maximum absolute atomic E-state index is 12.9. The van der Waals surface area contributed by atoms with Crippen molar-refractivity contribution >= 4 is 34.1 Å². The molecular formula is C18H20N6O2S2. The summed E-state index contributed by atoms with van der Waals surface area (Å²) in [5, 5.41) is 19.2. The minimum absolute atomic E-state index is 0.264. The lowest BCUT2D eigenvalue weighted by Crippen LogP contribution is -2.14. The highest BCUT2D eigenvalue weighted by Crippen LogP contribution is 2.33. The van der Waals surface area contributed by atoms with Crippen molar-refractivity contribution in [3.63, 3.8) is 0 Å². The Balaban J connectivity index is 1.56. The first-order chi connectivity index (χ1) is 13.5. The largest absolute Gasteiger partial charge is 0.380 e. The summed E-state index contributed by atoms with van der Waals surface area (Å²) in [5.41, 5.74) is 4.78. The van der Waals surface area contributed by atoms with E-state index < -0.39 is 0 Å². The van der Waals surface area contributed by atoms with Gasteiger partial charge in [0.05, 0.1) is 17.9 Å². The molecule has 1 unspecified atom stereocenters. The molecule has 146 valence electrons. The van der Waals surface area contributed by atoms with Gasteiger partial charge in [-0.15, -0.1) is 10.2 Å². The predicted octanol–water partition coefficient (Wildman–Crippen LogP) is 3.38. The van der Waals surface area contributed by atoms with Crippen LogP contribution in [0.2, 0.25) is 0 Å². The molecule has 1 aliphatic heterocycles. The maximum Gasteiger partial charge on any atom is 0.259 e. The average Bonchev–Trinajstić information content (AvgIpc) is 3.39. The fourth-order valence-corrected chi connectivity index (χ4v) is 5.18. The van der Waals surface area contributed by atoms with Crippen molar-refractivity contribution in [2.45, 2.75) is 36.8 Å². The summed E-state index contributed by atoms with van der Waals surface area (Å²) in [6, 6.07) is 1.90. The number of ether oxygens (including phenoxy) is 1. The molecule has 8 nitrogen and oxygen atoms in total. The number of H-pyrrole nitrogens is 1. The number of anilines is 1. The van der Waals surface area contributed by atoms with E-state index in [-0.39, 0.29) is 5.91 Å². The first kappa shape index (κ1) is 19.0. The maximum atomic E-state index is 12.9. The Kier molecular flexibility index (Phi) is 5.42. The minimum atomic E-state index is -0.264. The molecule has 1 aliphatic rings. The highest BCUT2D eigenvalue weighted by molar-refractivity contribution is 8.01. The SMILES string of the molecule is Cc1cc(-c2c(C)n[nH]c2C)c(C(=O)Nc2nnc(SC3CCOC3)s2)cn1. The second kappa shape index (κ2) is 7.98. The number of thioether (sulfide) groups is 1. The normalized spacial score (nSPS) is 16.5. The van der Waals surface area contributed by atoms with E-state index in [4.69, 9.17) is 4.74 Å². The Labute approximate surface area is 170 Å². The Morgan fingerprint density at radius 3 is 2.93 bits per heavy atom. The topological polar surface area (TPSA) is 106 Å². The number of hydrogen-bond acceptors (Lipinski definition) is 8. The third-order valence-electron chi connectivity index (χ3n) is 4.47. The van der Waals surface area contributed by atoms with Crippen molar-refractivity contribution < 1.29 is 9.53 Å². The van der Waals surface area contributed by atoms with Gasteiger partial charge in [-0.3, -0.25) is 20.2 Å². The number of aromatic nitrogens is 5. The van der Waals surface area contributed by atoms with Gasteiger partial charge in [-0.1, -0.05) is 23.1 Å². The number of aromatic amines is 1. The van der Waals surface area contributed by atoms with Gasteiger partial charge < -0.3 is 4.74 Å². The molecule has 2 N–H and O–H groups in total. The number of carbonyl (C=O) groups excluding carboxylic acids is 1. The lowest BCUT2D eigenvalue weighted by Gasteiger charge is -2.10. The molecule has 0 aliphatic carbocycles. The molecule has 1 fully saturated rings. The van der Waals surface area contributed by atoms with Crippen LogP contribution in [-0.4, -0.2) is 49.7 Å². The van der Waals surface area contributed by atoms with Crippen molar-refractivity contribution in [3.8, 4) is 11.1 Å². The highest BCUT2D eigenvalue weighted by Gasteiger charge is 2.22. The zero-order valence-electron chi connectivity index (χ0n) is 15.8. The summed E-state index contributed by atoms with van der Waals surface area (Å²) >= 11 is 3.02. The van der Waals surface area contributed by atoms with Gasteiger partial charge in [0.25, 0.3) is 5.91 Å². The van der Waals surface area contributed by atoms with Gasteiger partial charge in [-0.25, -0.2) is 0 Å². The first-order valence-electron chi connectivity index (χ1n) is 8.89. The summed E-state index contributed by atoms with van der Waals surface area (Å²) in [6.45, 7) is 7.27. The van der Waals surface area contributed by atoms with E-state index in [2.05, 4.69) is 30.7 Å². The number of nitrogens with one attached hydrogen (secondary N) is 2. The Hall–Kier alpha value is -2.30. The predicted molar refractivity (Wildman–Crippen MR) is 109 cm³/mol. The number of nitrogens with zero attached hydrogens (tertiary/aromatic N) is 4. The fourth-order valence-electron chi connectivity index (χ4n) is 3.12. The number of hydrogen-bond donors (Lipinski definition) is 2. The second-order valence-electron chi connectivity index (χ2n) is 6.61. The van der Waals surface area contributed by atoms with E-state index in [9.17, 15) is 4.79 Å². The van der Waals surface area contributed by atoms with Gasteiger partial charge in [0.1, 0.15) is 0 Å². The van der Waals surface area contributed by atoms with Gasteiger partial charge in [0, 0.05) is 40.6 Å². The number of aryl methyl sites for hydroxylation is 3. The van der Waals surface area contributed by atoms with Crippen LogP contribution in [0.5, 0.6) is 0 Å². The zero-order valence-corrected chi connectivity index (χ0v) is 17.4. The van der Waals surface area contributed by atoms with Crippen LogP contribution in [0, 0.1) is 20.8 Å². The lowest BCUT2D eigenvalue weighted by atomic mass is 9.98. The molecule has 0 spiro atoms. The third kappa shape index (κ3) is 3.94. The molecular weight excluding hydrogens is 396 g/mol. The summed E-state index contributed by atoms with van der Waals surface area (Å²) < 4.78 is 6.22. The Morgan fingerprint density at radius 1 is 1.36 bits per heavy atom. The van der Waals surface area contributed by atoms with Crippen LogP contribution in [0.4, 0.5) is 5.13 Å². The summed E-state index contributed by atoms with van der Waals surface area (Å²) in [7, 11) is 0. The standard InChI is InChI=1S/C18H20N6O2S2/c1-9-6-13(15-10(2)21-22-11(15)3)14(7-19-9)16(25)20-17-23-24-18(28-17)27-12-4-5-26-8-12/h6-7,12H,4-5,8H2,1-3H3,(H,21,22)(H,20,23,25). The van der Waals surface area contributed by atoms with E-state index in [1.165, 1.54) is 11.3 Å². The average molecular weight is 417 g/mol. The van der Waals surface area contributed by atoms with Crippen LogP contribution >= 0.6 is 23.1 Å². The number of rotatable bonds is 5. The van der Waals surface area contributed by atoms with E-state index in [1.54, 1.807) is 18.0 Å². The first-order valence-corrected chi connectivity index (χ1v) is 10.6. The van der Waals surface area contributed by atoms with Gasteiger partial charge >= 0.3 is 0 Å². The molecule has 1 saturated heterocycles. The van der Waals surface area contributed by atoms with Crippen LogP contribution in [-0.2, 0) is 4.74 Å². The van der Waals surface area contributed by atoms with Crippen LogP contribution in [0.15, 0.2) is 16.6 Å². The minimum Gasteiger partial charge on any atom is -0.380 e. The van der Waals surface area contributed by atoms with Crippen molar-refractivity contribution in [3.05, 3.63) is 34.9 Å². The van der Waals surface area contributed by atoms with Crippen molar-refractivity contribution in [2.75, 3.05) is 18.5 Å². The number of carbonyl (C=O) groups is 1. The summed E-state index contributed by atoms with van der Waals surface area (Å²) in [5.74, 6) is -0.264. The van der Waals surface area contributed by atoms with E-state index in [0.717, 1.165) is 52.2 Å². The molecule has 10 heteroatoms.